The minimum Gasteiger partial charge on any atom is -0.339 e. The molecule has 2 rings (SSSR count). The first kappa shape index (κ1) is 9.36. The number of nitrogens with two attached hydrogens (primary N) is 1. The molecule has 1 atom stereocenters. The molecule has 0 aliphatic heterocycles. The van der Waals surface area contributed by atoms with E-state index in [1.165, 1.54) is 0 Å². The average Bonchev–Trinajstić information content (AvgIpc) is 2.88. The lowest BCUT2D eigenvalue weighted by atomic mass is 10.1. The van der Waals surface area contributed by atoms with Crippen molar-refractivity contribution in [3.8, 4) is 0 Å². The molecule has 0 saturated carbocycles. The Morgan fingerprint density at radius 3 is 3.07 bits per heavy atom. The predicted octanol–water partition coefficient (Wildman–Crippen LogP) is 1.74. The summed E-state index contributed by atoms with van der Waals surface area (Å²) in [5.41, 5.74) is 6.98. The second kappa shape index (κ2) is 3.89. The zero-order valence-electron chi connectivity index (χ0n) is 7.80. The van der Waals surface area contributed by atoms with Crippen molar-refractivity contribution < 1.29 is 4.52 Å². The van der Waals surface area contributed by atoms with Gasteiger partial charge in [0.15, 0.2) is 5.82 Å². The van der Waals surface area contributed by atoms with Gasteiger partial charge in [-0.25, -0.2) is 0 Å². The lowest BCUT2D eigenvalue weighted by molar-refractivity contribution is 0.375. The van der Waals surface area contributed by atoms with E-state index in [1.54, 1.807) is 11.3 Å². The summed E-state index contributed by atoms with van der Waals surface area (Å²) in [6.45, 7) is 1.97. The van der Waals surface area contributed by atoms with Crippen LogP contribution in [0.5, 0.6) is 0 Å². The Labute approximate surface area is 85.7 Å². The van der Waals surface area contributed by atoms with Gasteiger partial charge in [-0.1, -0.05) is 12.1 Å². The third-order valence-corrected chi connectivity index (χ3v) is 2.67. The van der Waals surface area contributed by atoms with Crippen LogP contribution in [-0.2, 0) is 6.42 Å². The van der Waals surface area contributed by atoms with E-state index in [0.717, 1.165) is 12.0 Å². The summed E-state index contributed by atoms with van der Waals surface area (Å²) in [4.78, 5) is 4.19. The van der Waals surface area contributed by atoms with Crippen LogP contribution >= 0.6 is 11.3 Å². The van der Waals surface area contributed by atoms with Crippen molar-refractivity contribution in [3.63, 3.8) is 0 Å². The topological polar surface area (TPSA) is 64.9 Å². The van der Waals surface area contributed by atoms with Gasteiger partial charge in [-0.15, -0.1) is 0 Å². The maximum absolute atomic E-state index is 5.95. The van der Waals surface area contributed by atoms with E-state index < -0.39 is 0 Å². The normalized spacial score (nSPS) is 13.0. The second-order valence-corrected chi connectivity index (χ2v) is 3.71. The van der Waals surface area contributed by atoms with Gasteiger partial charge in [0.05, 0.1) is 6.04 Å². The maximum atomic E-state index is 5.95. The van der Waals surface area contributed by atoms with Crippen molar-refractivity contribution in [1.29, 1.82) is 0 Å². The van der Waals surface area contributed by atoms with E-state index in [9.17, 15) is 0 Å². The molecule has 0 aliphatic rings. The van der Waals surface area contributed by atoms with Gasteiger partial charge in [-0.05, 0) is 22.4 Å². The highest BCUT2D eigenvalue weighted by molar-refractivity contribution is 7.07. The fraction of sp³-hybridized carbons (Fsp3) is 0.333. The molecule has 14 heavy (non-hydrogen) atoms. The first-order valence-electron chi connectivity index (χ1n) is 4.41. The summed E-state index contributed by atoms with van der Waals surface area (Å²) in [7, 11) is 0. The molecular formula is C9H11N3OS. The standard InChI is InChI=1S/C9H11N3OS/c1-2-7-11-9(12-13-7)8(10)6-3-4-14-5-6/h3-5,8H,2,10H2,1H3. The highest BCUT2D eigenvalue weighted by Gasteiger charge is 2.15. The Hall–Kier alpha value is -1.20. The first-order valence-corrected chi connectivity index (χ1v) is 5.35. The lowest BCUT2D eigenvalue weighted by Crippen LogP contribution is -2.12. The number of aryl methyl sites for hydroxylation is 1. The number of hydrogen-bond acceptors (Lipinski definition) is 5. The van der Waals surface area contributed by atoms with Crippen molar-refractivity contribution in [2.45, 2.75) is 19.4 Å². The van der Waals surface area contributed by atoms with E-state index >= 15 is 0 Å². The van der Waals surface area contributed by atoms with E-state index in [2.05, 4.69) is 10.1 Å². The predicted molar refractivity (Wildman–Crippen MR) is 54.0 cm³/mol. The molecule has 74 valence electrons. The fourth-order valence-electron chi connectivity index (χ4n) is 1.14. The maximum Gasteiger partial charge on any atom is 0.226 e. The summed E-state index contributed by atoms with van der Waals surface area (Å²) < 4.78 is 5.00. The van der Waals surface area contributed by atoms with Crippen LogP contribution in [0.4, 0.5) is 0 Å². The van der Waals surface area contributed by atoms with Gasteiger partial charge in [0.25, 0.3) is 0 Å². The van der Waals surface area contributed by atoms with Gasteiger partial charge in [0.2, 0.25) is 5.89 Å². The molecular weight excluding hydrogens is 198 g/mol. The molecule has 1 unspecified atom stereocenters. The third-order valence-electron chi connectivity index (χ3n) is 1.97. The Bertz CT molecular complexity index is 396. The van der Waals surface area contributed by atoms with Gasteiger partial charge < -0.3 is 10.3 Å². The van der Waals surface area contributed by atoms with Crippen LogP contribution in [0.1, 0.15) is 30.2 Å². The van der Waals surface area contributed by atoms with Crippen molar-refractivity contribution in [1.82, 2.24) is 10.1 Å². The number of hydrogen-bond donors (Lipinski definition) is 1. The summed E-state index contributed by atoms with van der Waals surface area (Å²) >= 11 is 1.61. The van der Waals surface area contributed by atoms with Crippen molar-refractivity contribution >= 4 is 11.3 Å². The molecule has 2 aromatic rings. The molecule has 0 aliphatic carbocycles. The van der Waals surface area contributed by atoms with Gasteiger partial charge in [0.1, 0.15) is 0 Å². The zero-order chi connectivity index (χ0) is 9.97. The minimum atomic E-state index is -0.273. The molecule has 0 saturated heterocycles. The molecule has 0 amide bonds. The quantitative estimate of drug-likeness (QED) is 0.836. The average molecular weight is 209 g/mol. The van der Waals surface area contributed by atoms with E-state index in [1.807, 2.05) is 23.8 Å². The van der Waals surface area contributed by atoms with Crippen LogP contribution in [0.25, 0.3) is 0 Å². The smallest absolute Gasteiger partial charge is 0.226 e. The summed E-state index contributed by atoms with van der Waals surface area (Å²) in [5.74, 6) is 1.19. The van der Waals surface area contributed by atoms with Crippen LogP contribution in [0.3, 0.4) is 0 Å². The Morgan fingerprint density at radius 2 is 2.50 bits per heavy atom. The molecule has 0 bridgehead atoms. The monoisotopic (exact) mass is 209 g/mol. The molecule has 0 spiro atoms. The van der Waals surface area contributed by atoms with Crippen molar-refractivity contribution in [3.05, 3.63) is 34.1 Å². The third kappa shape index (κ3) is 1.69. The largest absolute Gasteiger partial charge is 0.339 e. The molecule has 4 nitrogen and oxygen atoms in total. The van der Waals surface area contributed by atoms with Gasteiger partial charge >= 0.3 is 0 Å². The van der Waals surface area contributed by atoms with Crippen molar-refractivity contribution in [2.75, 3.05) is 0 Å². The molecule has 0 fully saturated rings. The van der Waals surface area contributed by atoms with Gasteiger partial charge in [-0.2, -0.15) is 16.3 Å². The zero-order valence-corrected chi connectivity index (χ0v) is 8.62. The lowest BCUT2D eigenvalue weighted by Gasteiger charge is -2.02. The molecule has 0 radical (unpaired) electrons. The van der Waals surface area contributed by atoms with Crippen LogP contribution in [0, 0.1) is 0 Å². The summed E-state index contributed by atoms with van der Waals surface area (Å²) in [6.07, 6.45) is 0.739. The number of nitrogens with zero attached hydrogens (tertiary/aromatic N) is 2. The van der Waals surface area contributed by atoms with Gasteiger partial charge in [-0.3, -0.25) is 0 Å². The second-order valence-electron chi connectivity index (χ2n) is 2.93. The molecule has 5 heteroatoms. The molecule has 2 N–H and O–H groups in total. The minimum absolute atomic E-state index is 0.273. The fourth-order valence-corrected chi connectivity index (χ4v) is 1.84. The van der Waals surface area contributed by atoms with E-state index in [-0.39, 0.29) is 6.04 Å². The number of aromatic nitrogens is 2. The van der Waals surface area contributed by atoms with Crippen LogP contribution in [-0.4, -0.2) is 10.1 Å². The van der Waals surface area contributed by atoms with E-state index in [0.29, 0.717) is 11.7 Å². The van der Waals surface area contributed by atoms with Crippen LogP contribution in [0.15, 0.2) is 21.3 Å². The Kier molecular flexibility index (Phi) is 2.60. The number of rotatable bonds is 3. The SMILES string of the molecule is CCc1nc(C(N)c2ccsc2)no1. The Balaban J connectivity index is 2.23. The molecule has 2 aromatic heterocycles. The van der Waals surface area contributed by atoms with Crippen LogP contribution < -0.4 is 5.73 Å². The Morgan fingerprint density at radius 1 is 1.64 bits per heavy atom. The highest BCUT2D eigenvalue weighted by Crippen LogP contribution is 2.19. The van der Waals surface area contributed by atoms with E-state index in [4.69, 9.17) is 10.3 Å². The molecule has 0 aromatic carbocycles. The first-order chi connectivity index (χ1) is 6.81. The summed E-state index contributed by atoms with van der Waals surface area (Å²) in [5, 5.41) is 7.81. The highest BCUT2D eigenvalue weighted by atomic mass is 32.1. The van der Waals surface area contributed by atoms with Crippen molar-refractivity contribution in [2.24, 2.45) is 5.73 Å². The van der Waals surface area contributed by atoms with Crippen LogP contribution in [0.2, 0.25) is 0 Å². The number of thiophene rings is 1. The molecule has 2 heterocycles. The van der Waals surface area contributed by atoms with Gasteiger partial charge in [0, 0.05) is 6.42 Å². The summed E-state index contributed by atoms with van der Waals surface area (Å²) in [6, 6.07) is 1.70.